The standard InChI is InChI=1S/C12H10FN3O2/c1-18-10-7-14-5-4-9(10)12(17)16-8-2-3-11(13)15-6-8/h2-7H,1H3,(H,16,17). The minimum atomic E-state index is -0.602. The number of methoxy groups -OCH3 is 1. The molecule has 0 aromatic carbocycles. The maximum atomic E-state index is 12.6. The van der Waals surface area contributed by atoms with Crippen molar-refractivity contribution in [2.75, 3.05) is 12.4 Å². The van der Waals surface area contributed by atoms with Gasteiger partial charge in [-0.05, 0) is 18.2 Å². The third-order valence-corrected chi connectivity index (χ3v) is 2.23. The zero-order chi connectivity index (χ0) is 13.0. The number of anilines is 1. The van der Waals surface area contributed by atoms with Gasteiger partial charge in [-0.3, -0.25) is 9.78 Å². The molecule has 2 aromatic heterocycles. The van der Waals surface area contributed by atoms with Crippen LogP contribution in [-0.4, -0.2) is 23.0 Å². The lowest BCUT2D eigenvalue weighted by molar-refractivity contribution is 0.102. The van der Waals surface area contributed by atoms with Gasteiger partial charge < -0.3 is 10.1 Å². The third-order valence-electron chi connectivity index (χ3n) is 2.23. The average molecular weight is 247 g/mol. The predicted molar refractivity (Wildman–Crippen MR) is 62.9 cm³/mol. The van der Waals surface area contributed by atoms with E-state index in [9.17, 15) is 9.18 Å². The van der Waals surface area contributed by atoms with E-state index in [-0.39, 0.29) is 5.91 Å². The van der Waals surface area contributed by atoms with Crippen LogP contribution in [-0.2, 0) is 0 Å². The first-order valence-corrected chi connectivity index (χ1v) is 5.11. The van der Waals surface area contributed by atoms with Crippen LogP contribution in [0.2, 0.25) is 0 Å². The van der Waals surface area contributed by atoms with Crippen LogP contribution in [0, 0.1) is 5.95 Å². The summed E-state index contributed by atoms with van der Waals surface area (Å²) in [5.41, 5.74) is 0.747. The number of hydrogen-bond acceptors (Lipinski definition) is 4. The van der Waals surface area contributed by atoms with Crippen LogP contribution in [0.15, 0.2) is 36.8 Å². The molecule has 2 rings (SSSR count). The molecule has 0 bridgehead atoms. The van der Waals surface area contributed by atoms with Gasteiger partial charge in [0, 0.05) is 6.20 Å². The lowest BCUT2D eigenvalue weighted by Crippen LogP contribution is -2.13. The second-order valence-electron chi connectivity index (χ2n) is 3.40. The molecule has 0 saturated heterocycles. The number of amides is 1. The van der Waals surface area contributed by atoms with Gasteiger partial charge in [-0.2, -0.15) is 4.39 Å². The number of halogens is 1. The zero-order valence-corrected chi connectivity index (χ0v) is 9.55. The summed E-state index contributed by atoms with van der Waals surface area (Å²) in [7, 11) is 1.45. The molecule has 0 radical (unpaired) electrons. The van der Waals surface area contributed by atoms with Crippen LogP contribution in [0.1, 0.15) is 10.4 Å². The molecule has 6 heteroatoms. The summed E-state index contributed by atoms with van der Waals surface area (Å²) in [6.45, 7) is 0. The van der Waals surface area contributed by atoms with Gasteiger partial charge in [-0.25, -0.2) is 4.98 Å². The Balaban J connectivity index is 2.19. The summed E-state index contributed by atoms with van der Waals surface area (Å²) < 4.78 is 17.6. The fourth-order valence-electron chi connectivity index (χ4n) is 1.38. The van der Waals surface area contributed by atoms with Crippen molar-refractivity contribution in [2.24, 2.45) is 0 Å². The summed E-state index contributed by atoms with van der Waals surface area (Å²) in [5.74, 6) is -0.609. The molecule has 18 heavy (non-hydrogen) atoms. The van der Waals surface area contributed by atoms with Crippen LogP contribution in [0.4, 0.5) is 10.1 Å². The molecule has 5 nitrogen and oxygen atoms in total. The van der Waals surface area contributed by atoms with E-state index < -0.39 is 5.95 Å². The molecule has 2 aromatic rings. The van der Waals surface area contributed by atoms with Crippen molar-refractivity contribution in [1.29, 1.82) is 0 Å². The lowest BCUT2D eigenvalue weighted by Gasteiger charge is -2.08. The van der Waals surface area contributed by atoms with E-state index in [0.29, 0.717) is 17.0 Å². The van der Waals surface area contributed by atoms with Crippen molar-refractivity contribution in [3.8, 4) is 5.75 Å². The molecule has 1 amide bonds. The molecule has 0 fully saturated rings. The fourth-order valence-corrected chi connectivity index (χ4v) is 1.38. The summed E-state index contributed by atoms with van der Waals surface area (Å²) >= 11 is 0. The van der Waals surface area contributed by atoms with E-state index in [1.807, 2.05) is 0 Å². The summed E-state index contributed by atoms with van der Waals surface area (Å²) in [6.07, 6.45) is 4.17. The quantitative estimate of drug-likeness (QED) is 0.841. The molecular formula is C12H10FN3O2. The molecule has 92 valence electrons. The van der Waals surface area contributed by atoms with Gasteiger partial charge in [-0.1, -0.05) is 0 Å². The summed E-state index contributed by atoms with van der Waals surface area (Å²) in [4.78, 5) is 19.2. The van der Waals surface area contributed by atoms with Crippen LogP contribution in [0.5, 0.6) is 5.75 Å². The Hall–Kier alpha value is -2.50. The van der Waals surface area contributed by atoms with Crippen LogP contribution < -0.4 is 10.1 Å². The van der Waals surface area contributed by atoms with Gasteiger partial charge in [0.1, 0.15) is 5.75 Å². The SMILES string of the molecule is COc1cnccc1C(=O)Nc1ccc(F)nc1. The summed E-state index contributed by atoms with van der Waals surface area (Å²) in [5, 5.41) is 2.58. The Morgan fingerprint density at radius 3 is 2.83 bits per heavy atom. The molecule has 0 aliphatic rings. The molecule has 0 spiro atoms. The third kappa shape index (κ3) is 2.60. The van der Waals surface area contributed by atoms with E-state index in [2.05, 4.69) is 15.3 Å². The van der Waals surface area contributed by atoms with Crippen molar-refractivity contribution in [1.82, 2.24) is 9.97 Å². The zero-order valence-electron chi connectivity index (χ0n) is 9.55. The highest BCUT2D eigenvalue weighted by molar-refractivity contribution is 6.05. The minimum Gasteiger partial charge on any atom is -0.494 e. The van der Waals surface area contributed by atoms with Gasteiger partial charge in [0.05, 0.1) is 30.8 Å². The first-order valence-electron chi connectivity index (χ1n) is 5.11. The van der Waals surface area contributed by atoms with Crippen LogP contribution in [0.25, 0.3) is 0 Å². The molecule has 1 N–H and O–H groups in total. The van der Waals surface area contributed by atoms with Crippen LogP contribution in [0.3, 0.4) is 0 Å². The number of rotatable bonds is 3. The number of nitrogens with one attached hydrogen (secondary N) is 1. The Labute approximate surface area is 103 Å². The maximum Gasteiger partial charge on any atom is 0.259 e. The first-order chi connectivity index (χ1) is 8.70. The molecule has 2 heterocycles. The highest BCUT2D eigenvalue weighted by Gasteiger charge is 2.12. The van der Waals surface area contributed by atoms with E-state index in [0.717, 1.165) is 0 Å². The Morgan fingerprint density at radius 2 is 2.17 bits per heavy atom. The number of nitrogens with zero attached hydrogens (tertiary/aromatic N) is 2. The monoisotopic (exact) mass is 247 g/mol. The largest absolute Gasteiger partial charge is 0.494 e. The van der Waals surface area contributed by atoms with Gasteiger partial charge in [0.2, 0.25) is 5.95 Å². The Morgan fingerprint density at radius 1 is 1.33 bits per heavy atom. The predicted octanol–water partition coefficient (Wildman–Crippen LogP) is 1.88. The van der Waals surface area contributed by atoms with E-state index in [1.165, 1.54) is 43.9 Å². The number of carbonyl (C=O) groups excluding carboxylic acids is 1. The first kappa shape index (κ1) is 12.0. The molecule has 0 aliphatic heterocycles. The van der Waals surface area contributed by atoms with E-state index in [4.69, 9.17) is 4.74 Å². The van der Waals surface area contributed by atoms with Crippen molar-refractivity contribution in [3.63, 3.8) is 0 Å². The van der Waals surface area contributed by atoms with Gasteiger partial charge in [0.15, 0.2) is 0 Å². The highest BCUT2D eigenvalue weighted by Crippen LogP contribution is 2.17. The average Bonchev–Trinajstić information content (AvgIpc) is 2.41. The molecule has 0 saturated carbocycles. The minimum absolute atomic E-state index is 0.344. The van der Waals surface area contributed by atoms with Crippen molar-refractivity contribution >= 4 is 11.6 Å². The van der Waals surface area contributed by atoms with E-state index >= 15 is 0 Å². The Bertz CT molecular complexity index is 558. The summed E-state index contributed by atoms with van der Waals surface area (Å²) in [6, 6.07) is 4.12. The van der Waals surface area contributed by atoms with Gasteiger partial charge in [0.25, 0.3) is 5.91 Å². The number of aromatic nitrogens is 2. The number of hydrogen-bond donors (Lipinski definition) is 1. The smallest absolute Gasteiger partial charge is 0.259 e. The number of pyridine rings is 2. The van der Waals surface area contributed by atoms with Crippen molar-refractivity contribution in [3.05, 3.63) is 48.3 Å². The van der Waals surface area contributed by atoms with E-state index in [1.54, 1.807) is 0 Å². The molecular weight excluding hydrogens is 237 g/mol. The van der Waals surface area contributed by atoms with Crippen molar-refractivity contribution in [2.45, 2.75) is 0 Å². The van der Waals surface area contributed by atoms with Crippen LogP contribution >= 0.6 is 0 Å². The molecule has 0 aliphatic carbocycles. The second-order valence-corrected chi connectivity index (χ2v) is 3.40. The van der Waals surface area contributed by atoms with Crippen molar-refractivity contribution < 1.29 is 13.9 Å². The normalized spacial score (nSPS) is 9.89. The number of carbonyl (C=O) groups is 1. The fraction of sp³-hybridized carbons (Fsp3) is 0.0833. The maximum absolute atomic E-state index is 12.6. The molecule has 0 unspecified atom stereocenters. The van der Waals surface area contributed by atoms with Gasteiger partial charge >= 0.3 is 0 Å². The number of ether oxygens (including phenoxy) is 1. The highest BCUT2D eigenvalue weighted by atomic mass is 19.1. The lowest BCUT2D eigenvalue weighted by atomic mass is 10.2. The molecule has 0 atom stereocenters. The second kappa shape index (κ2) is 5.22. The van der Waals surface area contributed by atoms with Gasteiger partial charge in [-0.15, -0.1) is 0 Å². The topological polar surface area (TPSA) is 64.1 Å². The Kier molecular flexibility index (Phi) is 3.47.